The normalized spacial score (nSPS) is 16.5. The molecule has 0 atom stereocenters. The second-order valence-corrected chi connectivity index (χ2v) is 8.65. The van der Waals surface area contributed by atoms with E-state index in [2.05, 4.69) is 30.1 Å². The van der Waals surface area contributed by atoms with E-state index in [4.69, 9.17) is 11.6 Å². The summed E-state index contributed by atoms with van der Waals surface area (Å²) in [6, 6.07) is 4.38. The van der Waals surface area contributed by atoms with Crippen LogP contribution in [0.4, 0.5) is 5.69 Å². The third-order valence-electron chi connectivity index (χ3n) is 3.98. The highest BCUT2D eigenvalue weighted by molar-refractivity contribution is 7.89. The fraction of sp³-hybridized carbons (Fsp3) is 0.471. The van der Waals surface area contributed by atoms with Crippen LogP contribution in [0.15, 0.2) is 34.7 Å². The van der Waals surface area contributed by atoms with Crippen molar-refractivity contribution in [2.24, 2.45) is 0 Å². The second kappa shape index (κ2) is 8.31. The van der Waals surface area contributed by atoms with Crippen LogP contribution < -0.4 is 5.32 Å². The monoisotopic (exact) mass is 385 g/mol. The molecule has 8 heteroatoms. The first-order valence-electron chi connectivity index (χ1n) is 8.13. The van der Waals surface area contributed by atoms with Crippen molar-refractivity contribution in [2.75, 3.05) is 38.0 Å². The largest absolute Gasteiger partial charge is 0.325 e. The molecule has 0 bridgehead atoms. The Balaban J connectivity index is 2.08. The van der Waals surface area contributed by atoms with E-state index < -0.39 is 10.0 Å². The van der Waals surface area contributed by atoms with Gasteiger partial charge in [0.15, 0.2) is 0 Å². The number of amides is 1. The van der Waals surface area contributed by atoms with Crippen LogP contribution in [0.2, 0.25) is 5.02 Å². The van der Waals surface area contributed by atoms with Crippen molar-refractivity contribution in [1.82, 2.24) is 9.21 Å². The quantitative estimate of drug-likeness (QED) is 0.791. The molecule has 6 nitrogen and oxygen atoms in total. The number of piperazine rings is 1. The molecule has 1 aromatic rings. The van der Waals surface area contributed by atoms with Gasteiger partial charge in [0, 0.05) is 39.6 Å². The molecule has 1 aliphatic rings. The van der Waals surface area contributed by atoms with Gasteiger partial charge in [-0.2, -0.15) is 4.31 Å². The van der Waals surface area contributed by atoms with Crippen molar-refractivity contribution >= 4 is 33.2 Å². The number of hydrogen-bond acceptors (Lipinski definition) is 4. The lowest BCUT2D eigenvalue weighted by Crippen LogP contribution is -2.48. The van der Waals surface area contributed by atoms with Crippen LogP contribution in [0.1, 0.15) is 20.8 Å². The number of halogens is 1. The zero-order valence-electron chi connectivity index (χ0n) is 14.8. The molecule has 1 fully saturated rings. The number of nitrogens with zero attached hydrogens (tertiary/aromatic N) is 2. The van der Waals surface area contributed by atoms with Crippen molar-refractivity contribution in [3.63, 3.8) is 0 Å². The molecule has 0 aromatic heterocycles. The van der Waals surface area contributed by atoms with E-state index in [0.717, 1.165) is 6.54 Å². The van der Waals surface area contributed by atoms with Gasteiger partial charge in [-0.3, -0.25) is 9.69 Å². The van der Waals surface area contributed by atoms with E-state index in [1.807, 2.05) is 0 Å². The first-order valence-corrected chi connectivity index (χ1v) is 9.95. The number of carbonyl (C=O) groups is 1. The molecule has 2 rings (SSSR count). The second-order valence-electron chi connectivity index (χ2n) is 6.31. The predicted octanol–water partition coefficient (Wildman–Crippen LogP) is 2.57. The minimum absolute atomic E-state index is 0.143. The summed E-state index contributed by atoms with van der Waals surface area (Å²) in [5, 5.41) is 2.78. The van der Waals surface area contributed by atoms with Crippen LogP contribution in [0.25, 0.3) is 0 Å². The van der Waals surface area contributed by atoms with Gasteiger partial charge in [0.05, 0.1) is 15.6 Å². The Morgan fingerprint density at radius 1 is 1.20 bits per heavy atom. The van der Waals surface area contributed by atoms with Crippen LogP contribution in [-0.4, -0.2) is 56.3 Å². The summed E-state index contributed by atoms with van der Waals surface area (Å²) < 4.78 is 27.1. The maximum atomic E-state index is 12.8. The van der Waals surface area contributed by atoms with Gasteiger partial charge in [-0.15, -0.1) is 0 Å². The summed E-state index contributed by atoms with van der Waals surface area (Å²) in [4.78, 5) is 13.5. The summed E-state index contributed by atoms with van der Waals surface area (Å²) in [7, 11) is -3.59. The molecule has 1 amide bonds. The summed E-state index contributed by atoms with van der Waals surface area (Å²) in [6.07, 6.45) is 2.14. The number of carbonyl (C=O) groups excluding carboxylic acids is 1. The van der Waals surface area contributed by atoms with Crippen LogP contribution in [0, 0.1) is 0 Å². The molecule has 1 saturated heterocycles. The first kappa shape index (κ1) is 19.9. The third kappa shape index (κ3) is 5.28. The summed E-state index contributed by atoms with van der Waals surface area (Å²) >= 11 is 6.10. The van der Waals surface area contributed by atoms with Gasteiger partial charge >= 0.3 is 0 Å². The highest BCUT2D eigenvalue weighted by Crippen LogP contribution is 2.27. The molecule has 1 heterocycles. The van der Waals surface area contributed by atoms with E-state index in [1.165, 1.54) is 35.0 Å². The lowest BCUT2D eigenvalue weighted by Gasteiger charge is -2.33. The van der Waals surface area contributed by atoms with Crippen molar-refractivity contribution in [2.45, 2.75) is 25.7 Å². The molecule has 1 aliphatic heterocycles. The lowest BCUT2D eigenvalue weighted by atomic mass is 10.3. The Morgan fingerprint density at radius 2 is 1.84 bits per heavy atom. The smallest absolute Gasteiger partial charge is 0.243 e. The minimum Gasteiger partial charge on any atom is -0.325 e. The Bertz CT molecular complexity index is 765. The van der Waals surface area contributed by atoms with Crippen LogP contribution in [0.5, 0.6) is 0 Å². The molecular formula is C17H24ClN3O3S. The van der Waals surface area contributed by atoms with Gasteiger partial charge < -0.3 is 5.32 Å². The minimum atomic E-state index is -3.59. The van der Waals surface area contributed by atoms with Crippen molar-refractivity contribution < 1.29 is 13.2 Å². The molecule has 1 N–H and O–H groups in total. The molecule has 0 aliphatic carbocycles. The van der Waals surface area contributed by atoms with E-state index in [1.54, 1.807) is 0 Å². The number of hydrogen-bond donors (Lipinski definition) is 1. The number of anilines is 1. The molecule has 138 valence electrons. The third-order valence-corrected chi connectivity index (χ3v) is 6.19. The topological polar surface area (TPSA) is 69.7 Å². The Kier molecular flexibility index (Phi) is 6.62. The molecule has 0 radical (unpaired) electrons. The average Bonchev–Trinajstić information content (AvgIpc) is 2.54. The Hall–Kier alpha value is -1.41. The van der Waals surface area contributed by atoms with Crippen molar-refractivity contribution in [3.8, 4) is 0 Å². The average molecular weight is 386 g/mol. The van der Waals surface area contributed by atoms with E-state index in [-0.39, 0.29) is 15.8 Å². The number of nitrogens with one attached hydrogen (secondary N) is 1. The van der Waals surface area contributed by atoms with Crippen molar-refractivity contribution in [1.29, 1.82) is 0 Å². The lowest BCUT2D eigenvalue weighted by molar-refractivity contribution is -0.114. The van der Waals surface area contributed by atoms with Crippen LogP contribution >= 0.6 is 11.6 Å². The first-order chi connectivity index (χ1) is 11.7. The molecule has 0 unspecified atom stereocenters. The van der Waals surface area contributed by atoms with Gasteiger partial charge in [0.25, 0.3) is 0 Å². The highest BCUT2D eigenvalue weighted by atomic mass is 35.5. The Labute approximate surface area is 154 Å². The summed E-state index contributed by atoms with van der Waals surface area (Å²) in [5.74, 6) is -0.259. The van der Waals surface area contributed by atoms with Gasteiger partial charge in [0.2, 0.25) is 15.9 Å². The standard InChI is InChI=1S/C17H24ClN3O3S/c1-13(2)6-7-20-8-10-21(11-9-20)25(23,24)15-4-5-17(16(18)12-15)19-14(3)22/h4-6,12H,7-11H2,1-3H3,(H,19,22). The van der Waals surface area contributed by atoms with Gasteiger partial charge in [-0.05, 0) is 32.0 Å². The van der Waals surface area contributed by atoms with E-state index in [0.29, 0.717) is 31.9 Å². The maximum Gasteiger partial charge on any atom is 0.243 e. The van der Waals surface area contributed by atoms with Gasteiger partial charge in [-0.1, -0.05) is 23.3 Å². The van der Waals surface area contributed by atoms with Gasteiger partial charge in [-0.25, -0.2) is 8.42 Å². The fourth-order valence-electron chi connectivity index (χ4n) is 2.56. The molecule has 1 aromatic carbocycles. The van der Waals surface area contributed by atoms with Crippen molar-refractivity contribution in [3.05, 3.63) is 34.9 Å². The molecular weight excluding hydrogens is 362 g/mol. The van der Waals surface area contributed by atoms with Gasteiger partial charge in [0.1, 0.15) is 0 Å². The number of rotatable bonds is 5. The van der Waals surface area contributed by atoms with Crippen LogP contribution in [-0.2, 0) is 14.8 Å². The molecule has 0 saturated carbocycles. The SMILES string of the molecule is CC(=O)Nc1ccc(S(=O)(=O)N2CCN(CC=C(C)C)CC2)cc1Cl. The summed E-state index contributed by atoms with van der Waals surface area (Å²) in [5.41, 5.74) is 1.66. The summed E-state index contributed by atoms with van der Waals surface area (Å²) in [6.45, 7) is 8.60. The maximum absolute atomic E-state index is 12.8. The zero-order valence-corrected chi connectivity index (χ0v) is 16.3. The number of benzene rings is 1. The van der Waals surface area contributed by atoms with E-state index in [9.17, 15) is 13.2 Å². The molecule has 25 heavy (non-hydrogen) atoms. The Morgan fingerprint density at radius 3 is 2.36 bits per heavy atom. The van der Waals surface area contributed by atoms with Crippen LogP contribution in [0.3, 0.4) is 0 Å². The zero-order chi connectivity index (χ0) is 18.6. The number of sulfonamides is 1. The van der Waals surface area contributed by atoms with E-state index >= 15 is 0 Å². The predicted molar refractivity (Wildman–Crippen MR) is 100 cm³/mol. The fourth-order valence-corrected chi connectivity index (χ4v) is 4.30. The molecule has 0 spiro atoms. The highest BCUT2D eigenvalue weighted by Gasteiger charge is 2.28. The number of allylic oxidation sites excluding steroid dienone is 1.